The van der Waals surface area contributed by atoms with Crippen LogP contribution in [0.1, 0.15) is 66.2 Å². The molecular weight excluding hydrogens is 184 g/mol. The van der Waals surface area contributed by atoms with Crippen molar-refractivity contribution in [1.29, 1.82) is 0 Å². The van der Waals surface area contributed by atoms with E-state index < -0.39 is 0 Å². The molecule has 0 spiro atoms. The lowest BCUT2D eigenvalue weighted by molar-refractivity contribution is -0.0328. The van der Waals surface area contributed by atoms with Gasteiger partial charge < -0.3 is 5.11 Å². The van der Waals surface area contributed by atoms with Crippen LogP contribution in [0.5, 0.6) is 0 Å². The molecule has 1 heteroatoms. The van der Waals surface area contributed by atoms with E-state index in [0.717, 1.165) is 31.1 Å². The minimum Gasteiger partial charge on any atom is -0.390 e. The molecule has 1 aliphatic rings. The van der Waals surface area contributed by atoms with Crippen LogP contribution in [0.25, 0.3) is 0 Å². The molecule has 1 aliphatic carbocycles. The Morgan fingerprint density at radius 3 is 2.13 bits per heavy atom. The van der Waals surface area contributed by atoms with E-state index >= 15 is 0 Å². The fraction of sp³-hybridized carbons (Fsp3) is 1.00. The van der Waals surface area contributed by atoms with Gasteiger partial charge in [0, 0.05) is 0 Å². The maximum atomic E-state index is 10.5. The van der Waals surface area contributed by atoms with E-state index in [0.29, 0.717) is 5.92 Å². The molecule has 1 atom stereocenters. The van der Waals surface area contributed by atoms with Crippen LogP contribution in [0.15, 0.2) is 0 Å². The first kappa shape index (κ1) is 13.0. The summed E-state index contributed by atoms with van der Waals surface area (Å²) in [6, 6.07) is 0. The Labute approximate surface area is 95.3 Å². The lowest BCUT2D eigenvalue weighted by Gasteiger charge is -2.39. The molecule has 0 aromatic carbocycles. The Morgan fingerprint density at radius 2 is 1.73 bits per heavy atom. The van der Waals surface area contributed by atoms with Crippen LogP contribution in [0.2, 0.25) is 0 Å². The highest BCUT2D eigenvalue weighted by Crippen LogP contribution is 2.39. The smallest absolute Gasteiger partial charge is 0.0650 e. The van der Waals surface area contributed by atoms with Crippen molar-refractivity contribution >= 4 is 0 Å². The van der Waals surface area contributed by atoms with Gasteiger partial charge in [0.2, 0.25) is 0 Å². The predicted octanol–water partition coefficient (Wildman–Crippen LogP) is 4.00. The normalized spacial score (nSPS) is 34.4. The summed E-state index contributed by atoms with van der Waals surface area (Å²) in [6.45, 7) is 9.09. The third kappa shape index (κ3) is 3.79. The summed E-state index contributed by atoms with van der Waals surface area (Å²) < 4.78 is 0. The molecule has 0 aliphatic heterocycles. The van der Waals surface area contributed by atoms with Gasteiger partial charge in [0.1, 0.15) is 0 Å². The molecule has 1 rings (SSSR count). The Bertz CT molecular complexity index is 178. The van der Waals surface area contributed by atoms with Crippen LogP contribution in [-0.4, -0.2) is 10.7 Å². The minimum absolute atomic E-state index is 0.333. The molecule has 1 unspecified atom stereocenters. The van der Waals surface area contributed by atoms with Crippen molar-refractivity contribution in [3.63, 3.8) is 0 Å². The molecule has 0 amide bonds. The molecule has 0 bridgehead atoms. The molecule has 0 heterocycles. The fourth-order valence-electron chi connectivity index (χ4n) is 2.84. The Balaban J connectivity index is 2.40. The van der Waals surface area contributed by atoms with E-state index in [4.69, 9.17) is 0 Å². The van der Waals surface area contributed by atoms with Crippen LogP contribution >= 0.6 is 0 Å². The third-order valence-corrected chi connectivity index (χ3v) is 4.33. The quantitative estimate of drug-likeness (QED) is 0.747. The van der Waals surface area contributed by atoms with Gasteiger partial charge >= 0.3 is 0 Å². The zero-order chi connectivity index (χ0) is 11.5. The van der Waals surface area contributed by atoms with Crippen molar-refractivity contribution in [3.05, 3.63) is 0 Å². The number of hydrogen-bond acceptors (Lipinski definition) is 1. The second-order valence-electron chi connectivity index (χ2n) is 6.02. The molecule has 1 saturated carbocycles. The summed E-state index contributed by atoms with van der Waals surface area (Å²) >= 11 is 0. The first-order valence-corrected chi connectivity index (χ1v) is 6.69. The molecular formula is C14H28O. The van der Waals surface area contributed by atoms with E-state index in [-0.39, 0.29) is 5.60 Å². The summed E-state index contributed by atoms with van der Waals surface area (Å²) in [5, 5.41) is 10.5. The van der Waals surface area contributed by atoms with Gasteiger partial charge in [0.05, 0.1) is 5.60 Å². The van der Waals surface area contributed by atoms with E-state index in [1.165, 1.54) is 19.3 Å². The summed E-state index contributed by atoms with van der Waals surface area (Å²) in [6.07, 6.45) is 6.71. The van der Waals surface area contributed by atoms with Gasteiger partial charge in [-0.2, -0.15) is 0 Å². The van der Waals surface area contributed by atoms with Gasteiger partial charge in [0.15, 0.2) is 0 Å². The molecule has 0 aromatic rings. The highest BCUT2D eigenvalue weighted by atomic mass is 16.3. The zero-order valence-electron chi connectivity index (χ0n) is 10.9. The SMILES string of the molecule is CCC(C)CC1(O)CCC(C(C)C)CC1. The molecule has 1 nitrogen and oxygen atoms in total. The minimum atomic E-state index is -0.333. The van der Waals surface area contributed by atoms with Gasteiger partial charge in [0.25, 0.3) is 0 Å². The average Bonchev–Trinajstić information content (AvgIpc) is 2.17. The van der Waals surface area contributed by atoms with Crippen LogP contribution in [0, 0.1) is 17.8 Å². The Kier molecular flexibility index (Phi) is 4.64. The van der Waals surface area contributed by atoms with Crippen LogP contribution in [-0.2, 0) is 0 Å². The summed E-state index contributed by atoms with van der Waals surface area (Å²) in [5.74, 6) is 2.31. The van der Waals surface area contributed by atoms with Crippen molar-refractivity contribution in [2.45, 2.75) is 71.8 Å². The van der Waals surface area contributed by atoms with Crippen molar-refractivity contribution < 1.29 is 5.11 Å². The topological polar surface area (TPSA) is 20.2 Å². The van der Waals surface area contributed by atoms with E-state index in [9.17, 15) is 5.11 Å². The summed E-state index contributed by atoms with van der Waals surface area (Å²) in [4.78, 5) is 0. The van der Waals surface area contributed by atoms with Crippen molar-refractivity contribution in [3.8, 4) is 0 Å². The number of aliphatic hydroxyl groups is 1. The lowest BCUT2D eigenvalue weighted by atomic mass is 9.71. The Hall–Kier alpha value is -0.0400. The summed E-state index contributed by atoms with van der Waals surface area (Å²) in [7, 11) is 0. The molecule has 1 N–H and O–H groups in total. The third-order valence-electron chi connectivity index (χ3n) is 4.33. The van der Waals surface area contributed by atoms with Gasteiger partial charge in [-0.05, 0) is 49.9 Å². The van der Waals surface area contributed by atoms with Crippen molar-refractivity contribution in [2.75, 3.05) is 0 Å². The highest BCUT2D eigenvalue weighted by molar-refractivity contribution is 4.87. The lowest BCUT2D eigenvalue weighted by Crippen LogP contribution is -2.36. The maximum Gasteiger partial charge on any atom is 0.0650 e. The van der Waals surface area contributed by atoms with E-state index in [1.807, 2.05) is 0 Å². The molecule has 90 valence electrons. The van der Waals surface area contributed by atoms with Crippen LogP contribution < -0.4 is 0 Å². The second-order valence-corrected chi connectivity index (χ2v) is 6.02. The van der Waals surface area contributed by atoms with E-state index in [2.05, 4.69) is 27.7 Å². The monoisotopic (exact) mass is 212 g/mol. The first-order chi connectivity index (χ1) is 6.97. The van der Waals surface area contributed by atoms with Gasteiger partial charge in [-0.1, -0.05) is 34.1 Å². The van der Waals surface area contributed by atoms with Crippen LogP contribution in [0.4, 0.5) is 0 Å². The largest absolute Gasteiger partial charge is 0.390 e. The van der Waals surface area contributed by atoms with Crippen molar-refractivity contribution in [1.82, 2.24) is 0 Å². The first-order valence-electron chi connectivity index (χ1n) is 6.69. The number of hydrogen-bond donors (Lipinski definition) is 1. The van der Waals surface area contributed by atoms with Crippen molar-refractivity contribution in [2.24, 2.45) is 17.8 Å². The summed E-state index contributed by atoms with van der Waals surface area (Å²) in [5.41, 5.74) is -0.333. The second kappa shape index (κ2) is 5.34. The zero-order valence-corrected chi connectivity index (χ0v) is 10.9. The number of rotatable bonds is 4. The Morgan fingerprint density at radius 1 is 1.20 bits per heavy atom. The standard InChI is InChI=1S/C14H28O/c1-5-12(4)10-14(15)8-6-13(7-9-14)11(2)3/h11-13,15H,5-10H2,1-4H3. The molecule has 15 heavy (non-hydrogen) atoms. The van der Waals surface area contributed by atoms with Gasteiger partial charge in [-0.3, -0.25) is 0 Å². The molecule has 0 aromatic heterocycles. The van der Waals surface area contributed by atoms with Crippen LogP contribution in [0.3, 0.4) is 0 Å². The highest BCUT2D eigenvalue weighted by Gasteiger charge is 2.34. The molecule has 0 saturated heterocycles. The maximum absolute atomic E-state index is 10.5. The predicted molar refractivity (Wildman–Crippen MR) is 65.8 cm³/mol. The van der Waals surface area contributed by atoms with E-state index in [1.54, 1.807) is 0 Å². The fourth-order valence-corrected chi connectivity index (χ4v) is 2.84. The van der Waals surface area contributed by atoms with Gasteiger partial charge in [-0.25, -0.2) is 0 Å². The molecule has 1 fully saturated rings. The van der Waals surface area contributed by atoms with Gasteiger partial charge in [-0.15, -0.1) is 0 Å². The average molecular weight is 212 g/mol. The molecule has 0 radical (unpaired) electrons.